The van der Waals surface area contributed by atoms with E-state index in [4.69, 9.17) is 13.8 Å². The van der Waals surface area contributed by atoms with Gasteiger partial charge in [0, 0.05) is 11.6 Å². The predicted molar refractivity (Wildman–Crippen MR) is 101 cm³/mol. The molecule has 0 atom stereocenters. The molecule has 0 fully saturated rings. The summed E-state index contributed by atoms with van der Waals surface area (Å²) in [6, 6.07) is 5.13. The van der Waals surface area contributed by atoms with Crippen molar-refractivity contribution in [3.63, 3.8) is 0 Å². The minimum absolute atomic E-state index is 0.164. The van der Waals surface area contributed by atoms with Crippen LogP contribution in [0.1, 0.15) is 52.7 Å². The highest BCUT2D eigenvalue weighted by molar-refractivity contribution is 7.54. The second-order valence-corrected chi connectivity index (χ2v) is 8.89. The van der Waals surface area contributed by atoms with Crippen LogP contribution in [0.2, 0.25) is 0 Å². The van der Waals surface area contributed by atoms with Gasteiger partial charge in [-0.3, -0.25) is 4.57 Å². The molecule has 27 heavy (non-hydrogen) atoms. The van der Waals surface area contributed by atoms with Gasteiger partial charge >= 0.3 is 19.2 Å². The van der Waals surface area contributed by atoms with Crippen LogP contribution in [0, 0.1) is 0 Å². The average molecular weight is 404 g/mol. The Morgan fingerprint density at radius 3 is 1.96 bits per heavy atom. The zero-order valence-electron chi connectivity index (χ0n) is 16.5. The van der Waals surface area contributed by atoms with Gasteiger partial charge in [-0.1, -0.05) is 24.3 Å². The number of halogens is 2. The van der Waals surface area contributed by atoms with Gasteiger partial charge in [0.25, 0.3) is 0 Å². The van der Waals surface area contributed by atoms with E-state index in [-0.39, 0.29) is 13.2 Å². The molecule has 0 aliphatic rings. The largest absolute Gasteiger partial charge is 0.457 e. The lowest BCUT2D eigenvalue weighted by Crippen LogP contribution is -2.22. The molecular weight excluding hydrogens is 377 g/mol. The van der Waals surface area contributed by atoms with Crippen LogP contribution in [-0.2, 0) is 28.8 Å². The quantitative estimate of drug-likeness (QED) is 0.314. The third-order valence-corrected chi connectivity index (χ3v) is 5.51. The Morgan fingerprint density at radius 2 is 1.56 bits per heavy atom. The van der Waals surface area contributed by atoms with E-state index in [0.29, 0.717) is 11.1 Å². The number of hydrogen-bond acceptors (Lipinski definition) is 5. The number of ether oxygens (including phenoxy) is 1. The second kappa shape index (κ2) is 9.09. The number of carbonyl (C=O) groups is 1. The van der Waals surface area contributed by atoms with E-state index in [9.17, 15) is 18.1 Å². The molecule has 0 spiro atoms. The van der Waals surface area contributed by atoms with E-state index in [1.165, 1.54) is 32.1 Å². The number of allylic oxidation sites excluding steroid dienone is 1. The lowest BCUT2D eigenvalue weighted by Gasteiger charge is -2.26. The normalized spacial score (nSPS) is 13.6. The molecule has 5 nitrogen and oxygen atoms in total. The van der Waals surface area contributed by atoms with Crippen LogP contribution in [0.5, 0.6) is 0 Å². The first kappa shape index (κ1) is 23.5. The highest BCUT2D eigenvalue weighted by atomic mass is 31.2. The zero-order valence-corrected chi connectivity index (χ0v) is 17.4. The molecule has 0 saturated heterocycles. The highest BCUT2D eigenvalue weighted by Gasteiger charge is 2.54. The minimum Gasteiger partial charge on any atom is -0.457 e. The molecular formula is C19H27F2O5P. The summed E-state index contributed by atoms with van der Waals surface area (Å²) >= 11 is 0. The second-order valence-electron chi connectivity index (χ2n) is 6.81. The standard InChI is InChI=1S/C19H27F2O5P/c1-7-24-27(23,25-8-2)19(20,21)16-11-9-15(10-12-16)14(3)13-17(22)26-18(4,5)6/h9-13H,7-8H2,1-6H3. The Balaban J connectivity index is 3.10. The summed E-state index contributed by atoms with van der Waals surface area (Å²) in [5.74, 6) is -0.522. The van der Waals surface area contributed by atoms with Crippen molar-refractivity contribution in [2.75, 3.05) is 13.2 Å². The Hall–Kier alpha value is -1.56. The van der Waals surface area contributed by atoms with Gasteiger partial charge in [-0.05, 0) is 52.7 Å². The number of alkyl halides is 2. The fraction of sp³-hybridized carbons (Fsp3) is 0.526. The third kappa shape index (κ3) is 6.23. The van der Waals surface area contributed by atoms with Crippen LogP contribution in [-0.4, -0.2) is 24.8 Å². The Morgan fingerprint density at radius 1 is 1.07 bits per heavy atom. The van der Waals surface area contributed by atoms with Crippen LogP contribution in [0.15, 0.2) is 30.3 Å². The highest BCUT2D eigenvalue weighted by Crippen LogP contribution is 2.66. The summed E-state index contributed by atoms with van der Waals surface area (Å²) < 4.78 is 56.6. The molecule has 0 saturated carbocycles. The molecule has 0 aliphatic carbocycles. The van der Waals surface area contributed by atoms with Crippen molar-refractivity contribution in [3.8, 4) is 0 Å². The molecule has 8 heteroatoms. The summed E-state index contributed by atoms with van der Waals surface area (Å²) in [6.07, 6.45) is 1.30. The third-order valence-electron chi connectivity index (χ3n) is 3.37. The molecule has 0 heterocycles. The van der Waals surface area contributed by atoms with E-state index in [2.05, 4.69) is 0 Å². The van der Waals surface area contributed by atoms with Gasteiger partial charge < -0.3 is 13.8 Å². The number of benzene rings is 1. The van der Waals surface area contributed by atoms with Crippen LogP contribution in [0.25, 0.3) is 5.57 Å². The summed E-state index contributed by atoms with van der Waals surface area (Å²) in [5.41, 5.74) is -3.79. The molecule has 0 bridgehead atoms. The summed E-state index contributed by atoms with van der Waals surface area (Å²) in [5, 5.41) is 0. The molecule has 0 radical (unpaired) electrons. The molecule has 1 aromatic rings. The number of hydrogen-bond donors (Lipinski definition) is 0. The van der Waals surface area contributed by atoms with Crippen molar-refractivity contribution < 1.29 is 31.9 Å². The van der Waals surface area contributed by atoms with Crippen molar-refractivity contribution in [3.05, 3.63) is 41.5 Å². The molecule has 0 unspecified atom stereocenters. The van der Waals surface area contributed by atoms with Gasteiger partial charge in [0.2, 0.25) is 0 Å². The maximum atomic E-state index is 14.7. The first-order valence-electron chi connectivity index (χ1n) is 8.65. The first-order chi connectivity index (χ1) is 12.4. The number of esters is 1. The lowest BCUT2D eigenvalue weighted by molar-refractivity contribution is -0.148. The number of carbonyl (C=O) groups excluding carboxylic acids is 1. The van der Waals surface area contributed by atoms with Crippen molar-refractivity contribution in [1.82, 2.24) is 0 Å². The van der Waals surface area contributed by atoms with E-state index >= 15 is 0 Å². The monoisotopic (exact) mass is 404 g/mol. The van der Waals surface area contributed by atoms with Crippen LogP contribution >= 0.6 is 7.60 Å². The van der Waals surface area contributed by atoms with E-state index in [1.54, 1.807) is 27.7 Å². The van der Waals surface area contributed by atoms with E-state index in [1.807, 2.05) is 0 Å². The molecule has 1 aromatic carbocycles. The summed E-state index contributed by atoms with van der Waals surface area (Å²) in [7, 11) is -4.65. The topological polar surface area (TPSA) is 61.8 Å². The van der Waals surface area contributed by atoms with Crippen LogP contribution in [0.3, 0.4) is 0 Å². The fourth-order valence-electron chi connectivity index (χ4n) is 2.22. The van der Waals surface area contributed by atoms with E-state index in [0.717, 1.165) is 12.1 Å². The van der Waals surface area contributed by atoms with Crippen molar-refractivity contribution in [2.24, 2.45) is 0 Å². The van der Waals surface area contributed by atoms with Crippen LogP contribution in [0.4, 0.5) is 8.78 Å². The van der Waals surface area contributed by atoms with Crippen molar-refractivity contribution in [2.45, 2.75) is 52.8 Å². The van der Waals surface area contributed by atoms with Gasteiger partial charge in [0.1, 0.15) is 5.60 Å². The fourth-order valence-corrected chi connectivity index (χ4v) is 3.77. The van der Waals surface area contributed by atoms with Gasteiger partial charge in [-0.15, -0.1) is 0 Å². The first-order valence-corrected chi connectivity index (χ1v) is 10.2. The van der Waals surface area contributed by atoms with Crippen molar-refractivity contribution in [1.29, 1.82) is 0 Å². The average Bonchev–Trinajstić information content (AvgIpc) is 2.53. The predicted octanol–water partition coefficient (Wildman–Crippen LogP) is 5.75. The zero-order chi connectivity index (χ0) is 20.9. The SMILES string of the molecule is CCOP(=O)(OCC)C(F)(F)c1ccc(C(C)=CC(=O)OC(C)(C)C)cc1. The van der Waals surface area contributed by atoms with Crippen LogP contribution < -0.4 is 0 Å². The summed E-state index contributed by atoms with van der Waals surface area (Å²) in [6.45, 7) is 9.53. The lowest BCUT2D eigenvalue weighted by atomic mass is 10.1. The van der Waals surface area contributed by atoms with E-state index < -0.39 is 30.4 Å². The molecule has 152 valence electrons. The molecule has 0 N–H and O–H groups in total. The van der Waals surface area contributed by atoms with Gasteiger partial charge in [-0.2, -0.15) is 8.78 Å². The molecule has 0 aliphatic heterocycles. The Kier molecular flexibility index (Phi) is 7.90. The van der Waals surface area contributed by atoms with Gasteiger partial charge in [-0.25, -0.2) is 4.79 Å². The minimum atomic E-state index is -4.65. The van der Waals surface area contributed by atoms with Gasteiger partial charge in [0.15, 0.2) is 0 Å². The summed E-state index contributed by atoms with van der Waals surface area (Å²) in [4.78, 5) is 11.9. The molecule has 0 amide bonds. The molecule has 1 rings (SSSR count). The van der Waals surface area contributed by atoms with Gasteiger partial charge in [0.05, 0.1) is 13.2 Å². The number of rotatable bonds is 8. The van der Waals surface area contributed by atoms with Crippen molar-refractivity contribution >= 4 is 19.1 Å². The maximum absolute atomic E-state index is 14.7. The smallest absolute Gasteiger partial charge is 0.404 e. The Bertz CT molecular complexity index is 711. The maximum Gasteiger partial charge on any atom is 0.404 e. The Labute approximate surface area is 159 Å². The molecule has 0 aromatic heterocycles.